The predicted molar refractivity (Wildman–Crippen MR) is 110 cm³/mol. The zero-order chi connectivity index (χ0) is 21.6. The molecule has 0 aliphatic carbocycles. The highest BCUT2D eigenvalue weighted by atomic mass is 32.2. The van der Waals surface area contributed by atoms with Crippen LogP contribution in [0.25, 0.3) is 0 Å². The first-order valence-electron chi connectivity index (χ1n) is 9.43. The topological polar surface area (TPSA) is 159 Å². The lowest BCUT2D eigenvalue weighted by atomic mass is 10.2. The van der Waals surface area contributed by atoms with Gasteiger partial charge in [-0.25, -0.2) is 14.9 Å². The number of carbonyl (C=O) groups is 1. The molecule has 0 spiro atoms. The van der Waals surface area contributed by atoms with Gasteiger partial charge in [0.05, 0.1) is 23.3 Å². The SMILES string of the molecule is CCC(CC)OC(=O)[C@H](C)N[PH](=O)OCC1S[C@@H](n2cnc(N)nc2=O)C[C@H]1O. The summed E-state index contributed by atoms with van der Waals surface area (Å²) in [6, 6.07) is -0.776. The number of anilines is 1. The third-order valence-corrected chi connectivity index (χ3v) is 7.15. The molecule has 4 N–H and O–H groups in total. The molecule has 0 amide bonds. The molecule has 1 aromatic heterocycles. The van der Waals surface area contributed by atoms with Gasteiger partial charge in [0.1, 0.15) is 18.5 Å². The Balaban J connectivity index is 1.82. The maximum Gasteiger partial charge on any atom is 0.353 e. The molecule has 0 saturated carbocycles. The van der Waals surface area contributed by atoms with E-state index in [1.54, 1.807) is 6.92 Å². The normalized spacial score (nSPS) is 23.8. The Kier molecular flexibility index (Phi) is 9.09. The Morgan fingerprint density at radius 3 is 2.83 bits per heavy atom. The highest BCUT2D eigenvalue weighted by molar-refractivity contribution is 8.00. The molecule has 1 fully saturated rings. The minimum Gasteiger partial charge on any atom is -0.461 e. The molecule has 0 bridgehead atoms. The van der Waals surface area contributed by atoms with Crippen LogP contribution >= 0.6 is 19.9 Å². The largest absolute Gasteiger partial charge is 0.461 e. The minimum atomic E-state index is -2.72. The van der Waals surface area contributed by atoms with E-state index in [4.69, 9.17) is 15.0 Å². The van der Waals surface area contributed by atoms with E-state index >= 15 is 0 Å². The third kappa shape index (κ3) is 6.78. The van der Waals surface area contributed by atoms with Crippen LogP contribution in [0.5, 0.6) is 0 Å². The van der Waals surface area contributed by atoms with Crippen LogP contribution in [-0.4, -0.2) is 55.7 Å². The number of nitrogen functional groups attached to an aromatic ring is 1. The van der Waals surface area contributed by atoms with Crippen molar-refractivity contribution in [1.29, 1.82) is 0 Å². The molecule has 0 aromatic carbocycles. The molecule has 0 radical (unpaired) electrons. The second-order valence-corrected chi connectivity index (χ2v) is 9.25. The summed E-state index contributed by atoms with van der Waals surface area (Å²) in [5.74, 6) is -0.602. The van der Waals surface area contributed by atoms with Crippen LogP contribution in [0.4, 0.5) is 5.95 Å². The lowest BCUT2D eigenvalue weighted by molar-refractivity contribution is -0.151. The molecule has 1 aliphatic heterocycles. The molecular formula is C16H28N5O6PS. The van der Waals surface area contributed by atoms with Crippen LogP contribution in [-0.2, 0) is 18.6 Å². The molecule has 13 heteroatoms. The summed E-state index contributed by atoms with van der Waals surface area (Å²) >= 11 is 1.30. The van der Waals surface area contributed by atoms with Crippen molar-refractivity contribution in [3.05, 3.63) is 16.8 Å². The van der Waals surface area contributed by atoms with E-state index in [-0.39, 0.29) is 24.0 Å². The van der Waals surface area contributed by atoms with Crippen LogP contribution in [0.1, 0.15) is 45.4 Å². The molecule has 29 heavy (non-hydrogen) atoms. The third-order valence-electron chi connectivity index (χ3n) is 4.52. The number of esters is 1. The number of thioether (sulfide) groups is 1. The summed E-state index contributed by atoms with van der Waals surface area (Å²) in [4.78, 5) is 31.3. The van der Waals surface area contributed by atoms with Crippen molar-refractivity contribution in [3.8, 4) is 0 Å². The number of hydrogen-bond donors (Lipinski definition) is 3. The second kappa shape index (κ2) is 11.1. The number of rotatable bonds is 10. The molecule has 1 aliphatic rings. The van der Waals surface area contributed by atoms with Gasteiger partial charge in [0.15, 0.2) is 0 Å². The summed E-state index contributed by atoms with van der Waals surface area (Å²) < 4.78 is 24.1. The highest BCUT2D eigenvalue weighted by Crippen LogP contribution is 2.41. The molecule has 1 aromatic rings. The van der Waals surface area contributed by atoms with E-state index in [1.165, 1.54) is 22.7 Å². The number of aliphatic hydroxyl groups is 1. The maximum atomic E-state index is 12.2. The van der Waals surface area contributed by atoms with E-state index in [1.807, 2.05) is 13.8 Å². The van der Waals surface area contributed by atoms with Crippen molar-refractivity contribution in [2.24, 2.45) is 0 Å². The van der Waals surface area contributed by atoms with Gasteiger partial charge in [-0.3, -0.25) is 13.9 Å². The molecular weight excluding hydrogens is 421 g/mol. The van der Waals surface area contributed by atoms with Crippen LogP contribution in [0, 0.1) is 0 Å². The summed E-state index contributed by atoms with van der Waals surface area (Å²) in [6.07, 6.45) is 2.06. The number of ether oxygens (including phenoxy) is 1. The first-order chi connectivity index (χ1) is 13.7. The van der Waals surface area contributed by atoms with Gasteiger partial charge in [0, 0.05) is 6.42 Å². The molecule has 2 unspecified atom stereocenters. The number of carbonyl (C=O) groups excluding carboxylic acids is 1. The Hall–Kier alpha value is -1.46. The smallest absolute Gasteiger partial charge is 0.353 e. The van der Waals surface area contributed by atoms with Crippen molar-refractivity contribution >= 4 is 31.9 Å². The van der Waals surface area contributed by atoms with E-state index in [0.717, 1.165) is 0 Å². The lowest BCUT2D eigenvalue weighted by Gasteiger charge is -2.19. The zero-order valence-electron chi connectivity index (χ0n) is 16.6. The van der Waals surface area contributed by atoms with Gasteiger partial charge in [-0.15, -0.1) is 11.8 Å². The summed E-state index contributed by atoms with van der Waals surface area (Å²) in [5, 5.41) is 12.1. The number of nitrogens with two attached hydrogens (primary N) is 1. The van der Waals surface area contributed by atoms with Crippen molar-refractivity contribution in [1.82, 2.24) is 19.6 Å². The molecule has 164 valence electrons. The van der Waals surface area contributed by atoms with E-state index in [0.29, 0.717) is 19.3 Å². The number of aliphatic hydroxyl groups excluding tert-OH is 1. The highest BCUT2D eigenvalue weighted by Gasteiger charge is 2.36. The van der Waals surface area contributed by atoms with E-state index in [2.05, 4.69) is 15.1 Å². The van der Waals surface area contributed by atoms with Crippen molar-refractivity contribution in [2.75, 3.05) is 12.3 Å². The Labute approximate surface area is 173 Å². The van der Waals surface area contributed by atoms with Crippen molar-refractivity contribution in [2.45, 2.75) is 68.9 Å². The first kappa shape index (κ1) is 23.8. The fourth-order valence-electron chi connectivity index (χ4n) is 2.75. The molecule has 2 rings (SSSR count). The molecule has 1 saturated heterocycles. The summed E-state index contributed by atoms with van der Waals surface area (Å²) in [6.45, 7) is 5.40. The van der Waals surface area contributed by atoms with Gasteiger partial charge >= 0.3 is 11.7 Å². The number of nitrogens with zero attached hydrogens (tertiary/aromatic N) is 3. The number of hydrogen-bond acceptors (Lipinski definition) is 10. The van der Waals surface area contributed by atoms with Crippen LogP contribution in [0.15, 0.2) is 11.1 Å². The average Bonchev–Trinajstić information content (AvgIpc) is 3.04. The Bertz CT molecular complexity index is 776. The Morgan fingerprint density at radius 2 is 2.21 bits per heavy atom. The maximum absolute atomic E-state index is 12.2. The van der Waals surface area contributed by atoms with Gasteiger partial charge in [0.25, 0.3) is 8.18 Å². The van der Waals surface area contributed by atoms with Gasteiger partial charge < -0.3 is 20.1 Å². The molecule has 2 heterocycles. The number of aromatic nitrogens is 3. The molecule has 5 atom stereocenters. The monoisotopic (exact) mass is 449 g/mol. The first-order valence-corrected chi connectivity index (χ1v) is 11.7. The van der Waals surface area contributed by atoms with Crippen LogP contribution in [0.3, 0.4) is 0 Å². The van der Waals surface area contributed by atoms with Crippen molar-refractivity contribution < 1.29 is 23.7 Å². The Morgan fingerprint density at radius 1 is 1.52 bits per heavy atom. The quantitative estimate of drug-likeness (QED) is 0.341. The predicted octanol–water partition coefficient (Wildman–Crippen LogP) is 0.702. The van der Waals surface area contributed by atoms with Crippen LogP contribution in [0.2, 0.25) is 0 Å². The van der Waals surface area contributed by atoms with Gasteiger partial charge in [-0.2, -0.15) is 4.98 Å². The van der Waals surface area contributed by atoms with Gasteiger partial charge in [-0.1, -0.05) is 13.8 Å². The molecule has 11 nitrogen and oxygen atoms in total. The zero-order valence-corrected chi connectivity index (χ0v) is 18.4. The summed E-state index contributed by atoms with van der Waals surface area (Å²) in [7, 11) is -2.72. The fraction of sp³-hybridized carbons (Fsp3) is 0.750. The van der Waals surface area contributed by atoms with Crippen molar-refractivity contribution in [3.63, 3.8) is 0 Å². The second-order valence-electron chi connectivity index (χ2n) is 6.68. The number of nitrogens with one attached hydrogen (secondary N) is 1. The minimum absolute atomic E-state index is 0.00791. The lowest BCUT2D eigenvalue weighted by Crippen LogP contribution is -2.34. The van der Waals surface area contributed by atoms with Gasteiger partial charge in [-0.05, 0) is 19.8 Å². The van der Waals surface area contributed by atoms with E-state index < -0.39 is 37.2 Å². The summed E-state index contributed by atoms with van der Waals surface area (Å²) in [5.41, 5.74) is 4.83. The van der Waals surface area contributed by atoms with E-state index in [9.17, 15) is 19.3 Å². The average molecular weight is 449 g/mol. The fourth-order valence-corrected chi connectivity index (χ4v) is 5.18. The van der Waals surface area contributed by atoms with Gasteiger partial charge in [0.2, 0.25) is 5.95 Å². The standard InChI is InChI=1S/C16H28N5O6PS/c1-4-10(5-2)27-14(23)9(3)20-28(25)26-7-12-11(22)6-13(29-12)21-8-18-15(17)19-16(21)24/h8-13,22,28H,4-7H2,1-3H3,(H,20,25)(H2,17,19,24)/t9-,11+,12?,13+/m0/s1. The van der Waals surface area contributed by atoms with Crippen LogP contribution < -0.4 is 16.5 Å².